The van der Waals surface area contributed by atoms with Crippen LogP contribution in [0.2, 0.25) is 0 Å². The first-order valence-corrected chi connectivity index (χ1v) is 6.25. The summed E-state index contributed by atoms with van der Waals surface area (Å²) >= 11 is 3.07. The number of primary amides is 1. The highest BCUT2D eigenvalue weighted by molar-refractivity contribution is 9.10. The maximum absolute atomic E-state index is 13.4. The molecule has 0 aliphatic carbocycles. The lowest BCUT2D eigenvalue weighted by Gasteiger charge is -2.20. The first-order chi connectivity index (χ1) is 7.95. The van der Waals surface area contributed by atoms with E-state index in [1.807, 2.05) is 13.8 Å². The number of carbonyl (C=O) groups is 1. The normalized spacial score (nSPS) is 14.4. The van der Waals surface area contributed by atoms with Gasteiger partial charge in [0.1, 0.15) is 11.9 Å². The largest absolute Gasteiger partial charge is 0.368 e. The summed E-state index contributed by atoms with van der Waals surface area (Å²) in [5, 5.41) is 3.07. The van der Waals surface area contributed by atoms with Crippen LogP contribution in [0.5, 0.6) is 0 Å². The molecule has 2 unspecified atom stereocenters. The highest BCUT2D eigenvalue weighted by Gasteiger charge is 2.20. The molecule has 0 aliphatic rings. The van der Waals surface area contributed by atoms with Gasteiger partial charge in [0, 0.05) is 6.04 Å². The number of nitrogens with one attached hydrogen (secondary N) is 1. The first-order valence-electron chi connectivity index (χ1n) is 5.46. The lowest BCUT2D eigenvalue weighted by Crippen LogP contribution is -2.38. The lowest BCUT2D eigenvalue weighted by molar-refractivity contribution is -0.120. The maximum Gasteiger partial charge on any atom is 0.239 e. The number of rotatable bonds is 5. The van der Waals surface area contributed by atoms with Crippen molar-refractivity contribution in [3.8, 4) is 0 Å². The van der Waals surface area contributed by atoms with E-state index in [-0.39, 0.29) is 6.04 Å². The summed E-state index contributed by atoms with van der Waals surface area (Å²) in [5.41, 5.74) is 5.86. The molecule has 0 bridgehead atoms. The van der Waals surface area contributed by atoms with Gasteiger partial charge in [0.05, 0.1) is 4.47 Å². The zero-order valence-electron chi connectivity index (χ0n) is 9.84. The Bertz CT molecular complexity index is 411. The molecule has 3 nitrogen and oxygen atoms in total. The fourth-order valence-corrected chi connectivity index (χ4v) is 1.68. The summed E-state index contributed by atoms with van der Waals surface area (Å²) in [6.45, 7) is 3.95. The van der Waals surface area contributed by atoms with Gasteiger partial charge >= 0.3 is 0 Å². The molecule has 1 amide bonds. The third-order valence-corrected chi connectivity index (χ3v) is 3.27. The second kappa shape index (κ2) is 6.12. The van der Waals surface area contributed by atoms with Crippen LogP contribution >= 0.6 is 15.9 Å². The second-order valence-electron chi connectivity index (χ2n) is 3.98. The minimum Gasteiger partial charge on any atom is -0.368 e. The molecule has 0 radical (unpaired) electrons. The molecule has 0 saturated carbocycles. The second-order valence-corrected chi connectivity index (χ2v) is 4.84. The Morgan fingerprint density at radius 1 is 1.59 bits per heavy atom. The average molecular weight is 303 g/mol. The van der Waals surface area contributed by atoms with Gasteiger partial charge in [0.25, 0.3) is 0 Å². The van der Waals surface area contributed by atoms with Crippen molar-refractivity contribution in [3.05, 3.63) is 34.1 Å². The van der Waals surface area contributed by atoms with Gasteiger partial charge in [0.2, 0.25) is 5.91 Å². The average Bonchev–Trinajstić information content (AvgIpc) is 2.29. The molecule has 17 heavy (non-hydrogen) atoms. The van der Waals surface area contributed by atoms with E-state index in [0.717, 1.165) is 6.42 Å². The number of hydrogen-bond donors (Lipinski definition) is 2. The zero-order chi connectivity index (χ0) is 13.0. The zero-order valence-corrected chi connectivity index (χ0v) is 11.4. The molecule has 94 valence electrons. The molecule has 0 heterocycles. The quantitative estimate of drug-likeness (QED) is 0.878. The third-order valence-electron chi connectivity index (χ3n) is 2.63. The Hall–Kier alpha value is -0.940. The van der Waals surface area contributed by atoms with Crippen molar-refractivity contribution >= 4 is 21.8 Å². The number of amides is 1. The molecule has 0 aromatic heterocycles. The minimum atomic E-state index is -0.660. The molecule has 1 aromatic carbocycles. The number of carbonyl (C=O) groups excluding carboxylic acids is 1. The van der Waals surface area contributed by atoms with Crippen molar-refractivity contribution < 1.29 is 9.18 Å². The topological polar surface area (TPSA) is 55.1 Å². The van der Waals surface area contributed by atoms with Crippen LogP contribution in [0, 0.1) is 5.82 Å². The van der Waals surface area contributed by atoms with Gasteiger partial charge in [-0.05, 0) is 47.0 Å². The lowest BCUT2D eigenvalue weighted by atomic mass is 10.0. The van der Waals surface area contributed by atoms with Crippen LogP contribution in [0.25, 0.3) is 0 Å². The van der Waals surface area contributed by atoms with Gasteiger partial charge < -0.3 is 5.73 Å². The molecule has 0 aliphatic heterocycles. The predicted molar refractivity (Wildman–Crippen MR) is 68.9 cm³/mol. The molecular formula is C12H16BrFN2O. The Labute approximate surface area is 109 Å². The number of nitrogens with two attached hydrogens (primary N) is 1. The minimum absolute atomic E-state index is 0.138. The van der Waals surface area contributed by atoms with Crippen molar-refractivity contribution in [1.82, 2.24) is 5.32 Å². The summed E-state index contributed by atoms with van der Waals surface area (Å²) in [7, 11) is 0. The van der Waals surface area contributed by atoms with Crippen LogP contribution in [0.15, 0.2) is 22.7 Å². The molecule has 3 N–H and O–H groups in total. The van der Waals surface area contributed by atoms with E-state index < -0.39 is 17.8 Å². The Balaban J connectivity index is 2.97. The molecular weight excluding hydrogens is 287 g/mol. The molecule has 1 aromatic rings. The monoisotopic (exact) mass is 302 g/mol. The van der Waals surface area contributed by atoms with Crippen molar-refractivity contribution in [2.75, 3.05) is 0 Å². The van der Waals surface area contributed by atoms with Crippen molar-refractivity contribution in [1.29, 1.82) is 0 Å². The standard InChI is InChI=1S/C12H16BrFN2O/c1-3-7(2)16-11(12(15)17)8-4-5-9(13)10(14)6-8/h4-7,11,16H,3H2,1-2H3,(H2,15,17). The van der Waals surface area contributed by atoms with Gasteiger partial charge in [-0.25, -0.2) is 4.39 Å². The summed E-state index contributed by atoms with van der Waals surface area (Å²) < 4.78 is 13.8. The number of halogens is 2. The van der Waals surface area contributed by atoms with Crippen LogP contribution in [0.4, 0.5) is 4.39 Å². The summed E-state index contributed by atoms with van der Waals surface area (Å²) in [5.74, 6) is -0.910. The molecule has 2 atom stereocenters. The molecule has 5 heteroatoms. The van der Waals surface area contributed by atoms with Crippen molar-refractivity contribution in [2.24, 2.45) is 5.73 Å². The predicted octanol–water partition coefficient (Wildman–Crippen LogP) is 2.50. The highest BCUT2D eigenvalue weighted by Crippen LogP contribution is 2.21. The fourth-order valence-electron chi connectivity index (χ4n) is 1.44. The van der Waals surface area contributed by atoms with Crippen LogP contribution in [-0.4, -0.2) is 11.9 Å². The SMILES string of the molecule is CCC(C)NC(C(N)=O)c1ccc(Br)c(F)c1. The van der Waals surface area contributed by atoms with Crippen LogP contribution in [0.1, 0.15) is 31.9 Å². The van der Waals surface area contributed by atoms with Gasteiger partial charge in [-0.1, -0.05) is 13.0 Å². The Kier molecular flexibility index (Phi) is 5.08. The van der Waals surface area contributed by atoms with Crippen LogP contribution in [0.3, 0.4) is 0 Å². The Morgan fingerprint density at radius 3 is 2.71 bits per heavy atom. The van der Waals surface area contributed by atoms with E-state index in [4.69, 9.17) is 5.73 Å². The third kappa shape index (κ3) is 3.78. The fraction of sp³-hybridized carbons (Fsp3) is 0.417. The van der Waals surface area contributed by atoms with Crippen LogP contribution < -0.4 is 11.1 Å². The molecule has 0 spiro atoms. The van der Waals surface area contributed by atoms with Crippen molar-refractivity contribution in [2.45, 2.75) is 32.4 Å². The first kappa shape index (κ1) is 14.1. The van der Waals surface area contributed by atoms with E-state index in [2.05, 4.69) is 21.2 Å². The van der Waals surface area contributed by atoms with Gasteiger partial charge in [-0.2, -0.15) is 0 Å². The van der Waals surface area contributed by atoms with Gasteiger partial charge in [-0.3, -0.25) is 10.1 Å². The smallest absolute Gasteiger partial charge is 0.239 e. The summed E-state index contributed by atoms with van der Waals surface area (Å²) in [6.07, 6.45) is 0.864. The number of benzene rings is 1. The van der Waals surface area contributed by atoms with E-state index >= 15 is 0 Å². The van der Waals surface area contributed by atoms with E-state index in [0.29, 0.717) is 10.0 Å². The molecule has 1 rings (SSSR count). The summed E-state index contributed by atoms with van der Waals surface area (Å²) in [4.78, 5) is 11.4. The summed E-state index contributed by atoms with van der Waals surface area (Å²) in [6, 6.07) is 4.04. The van der Waals surface area contributed by atoms with Gasteiger partial charge in [-0.15, -0.1) is 0 Å². The maximum atomic E-state index is 13.4. The molecule has 0 fully saturated rings. The van der Waals surface area contributed by atoms with E-state index in [1.165, 1.54) is 6.07 Å². The van der Waals surface area contributed by atoms with E-state index in [9.17, 15) is 9.18 Å². The van der Waals surface area contributed by atoms with Crippen molar-refractivity contribution in [3.63, 3.8) is 0 Å². The van der Waals surface area contributed by atoms with Gasteiger partial charge in [0.15, 0.2) is 0 Å². The van der Waals surface area contributed by atoms with E-state index in [1.54, 1.807) is 12.1 Å². The number of hydrogen-bond acceptors (Lipinski definition) is 2. The van der Waals surface area contributed by atoms with Crippen LogP contribution in [-0.2, 0) is 4.79 Å². The Morgan fingerprint density at radius 2 is 2.24 bits per heavy atom. The highest BCUT2D eigenvalue weighted by atomic mass is 79.9. The molecule has 0 saturated heterocycles.